The van der Waals surface area contributed by atoms with Crippen LogP contribution in [0.5, 0.6) is 0 Å². The van der Waals surface area contributed by atoms with Crippen LogP contribution in [0.4, 0.5) is 5.69 Å². The number of carboxylic acids is 1. The summed E-state index contributed by atoms with van der Waals surface area (Å²) in [6, 6.07) is 25.8. The first-order valence-electron chi connectivity index (χ1n) is 10.4. The van der Waals surface area contributed by atoms with Crippen molar-refractivity contribution in [2.24, 2.45) is 0 Å². The van der Waals surface area contributed by atoms with Gasteiger partial charge in [-0.15, -0.1) is 0 Å². The number of halogens is 1. The van der Waals surface area contributed by atoms with E-state index in [9.17, 15) is 4.79 Å². The number of fused-ring (bicyclic) bond motifs is 1. The number of pyridine rings is 1. The molecule has 1 aromatic heterocycles. The normalized spacial score (nSPS) is 11.2. The molecule has 0 bridgehead atoms. The molecule has 0 saturated heterocycles. The second-order valence-corrected chi connectivity index (χ2v) is 7.98. The molecule has 4 aromatic rings. The quantitative estimate of drug-likeness (QED) is 0.319. The smallest absolute Gasteiger partial charge is 0.303 e. The monoisotopic (exact) mass is 442 g/mol. The van der Waals surface area contributed by atoms with Crippen molar-refractivity contribution in [3.63, 3.8) is 0 Å². The third kappa shape index (κ3) is 5.74. The molecule has 0 aliphatic rings. The number of aryl methyl sites for hydroxylation is 1. The molecule has 32 heavy (non-hydrogen) atoms. The van der Waals surface area contributed by atoms with Gasteiger partial charge in [-0.05, 0) is 59.5 Å². The van der Waals surface area contributed by atoms with Gasteiger partial charge in [-0.1, -0.05) is 66.2 Å². The Morgan fingerprint density at radius 3 is 2.59 bits per heavy atom. The van der Waals surface area contributed by atoms with Crippen LogP contribution in [0, 0.1) is 0 Å². The van der Waals surface area contributed by atoms with E-state index in [1.165, 1.54) is 0 Å². The first-order chi connectivity index (χ1) is 15.6. The molecule has 160 valence electrons. The number of rotatable bonds is 8. The predicted molar refractivity (Wildman–Crippen MR) is 132 cm³/mol. The van der Waals surface area contributed by atoms with E-state index in [0.29, 0.717) is 18.0 Å². The fourth-order valence-electron chi connectivity index (χ4n) is 3.55. The average molecular weight is 443 g/mol. The van der Waals surface area contributed by atoms with Gasteiger partial charge >= 0.3 is 5.97 Å². The van der Waals surface area contributed by atoms with Crippen LogP contribution >= 0.6 is 11.6 Å². The summed E-state index contributed by atoms with van der Waals surface area (Å²) in [7, 11) is 0. The Bertz CT molecular complexity index is 1280. The largest absolute Gasteiger partial charge is 0.481 e. The van der Waals surface area contributed by atoms with Gasteiger partial charge in [0.1, 0.15) is 0 Å². The number of benzene rings is 3. The molecule has 3 aromatic carbocycles. The lowest BCUT2D eigenvalue weighted by Gasteiger charge is -2.11. The van der Waals surface area contributed by atoms with E-state index in [2.05, 4.69) is 16.4 Å². The van der Waals surface area contributed by atoms with Gasteiger partial charge in [-0.25, -0.2) is 4.98 Å². The van der Waals surface area contributed by atoms with E-state index in [4.69, 9.17) is 16.7 Å². The van der Waals surface area contributed by atoms with E-state index < -0.39 is 5.97 Å². The summed E-state index contributed by atoms with van der Waals surface area (Å²) < 4.78 is 0. The van der Waals surface area contributed by atoms with E-state index in [1.54, 1.807) is 0 Å². The van der Waals surface area contributed by atoms with Crippen molar-refractivity contribution in [3.8, 4) is 0 Å². The molecule has 0 atom stereocenters. The van der Waals surface area contributed by atoms with Crippen molar-refractivity contribution in [3.05, 3.63) is 106 Å². The first-order valence-corrected chi connectivity index (χ1v) is 10.8. The Morgan fingerprint density at radius 1 is 0.938 bits per heavy atom. The minimum Gasteiger partial charge on any atom is -0.481 e. The van der Waals surface area contributed by atoms with Crippen LogP contribution in [0.1, 0.15) is 28.8 Å². The van der Waals surface area contributed by atoms with Crippen LogP contribution in [0.25, 0.3) is 23.1 Å². The maximum atomic E-state index is 10.9. The summed E-state index contributed by atoms with van der Waals surface area (Å²) in [6.45, 7) is 0.635. The van der Waals surface area contributed by atoms with Crippen molar-refractivity contribution >= 4 is 46.3 Å². The standard InChI is InChI=1S/C27H23ClN2O2/c28-23-12-9-21-10-14-24(30-26(21)17-23)13-8-19-4-3-7-25(16-19)29-18-22-6-2-1-5-20(22)11-15-27(31)32/h1-10,12-14,16-17,29H,11,15,18H2,(H,31,32)/b13-8+. The van der Waals surface area contributed by atoms with Gasteiger partial charge in [-0.2, -0.15) is 0 Å². The second-order valence-electron chi connectivity index (χ2n) is 7.55. The van der Waals surface area contributed by atoms with Gasteiger partial charge in [0.25, 0.3) is 0 Å². The highest BCUT2D eigenvalue weighted by Crippen LogP contribution is 2.20. The molecule has 0 aliphatic carbocycles. The number of aliphatic carboxylic acids is 1. The minimum absolute atomic E-state index is 0.131. The zero-order valence-corrected chi connectivity index (χ0v) is 18.2. The van der Waals surface area contributed by atoms with Crippen molar-refractivity contribution in [2.75, 3.05) is 5.32 Å². The van der Waals surface area contributed by atoms with Gasteiger partial charge in [-0.3, -0.25) is 4.79 Å². The Kier molecular flexibility index (Phi) is 6.83. The molecule has 4 rings (SSSR count). The fourth-order valence-corrected chi connectivity index (χ4v) is 3.71. The summed E-state index contributed by atoms with van der Waals surface area (Å²) in [5.41, 5.74) is 5.96. The van der Waals surface area contributed by atoms with Crippen molar-refractivity contribution < 1.29 is 9.90 Å². The lowest BCUT2D eigenvalue weighted by molar-refractivity contribution is -0.136. The molecular formula is C27H23ClN2O2. The number of aromatic nitrogens is 1. The molecule has 5 heteroatoms. The molecule has 0 radical (unpaired) electrons. The Morgan fingerprint density at radius 2 is 1.75 bits per heavy atom. The van der Waals surface area contributed by atoms with Gasteiger partial charge in [0, 0.05) is 29.1 Å². The molecule has 4 nitrogen and oxygen atoms in total. The van der Waals surface area contributed by atoms with E-state index in [0.717, 1.165) is 39.0 Å². The number of nitrogens with one attached hydrogen (secondary N) is 1. The fraction of sp³-hybridized carbons (Fsp3) is 0.111. The number of carbonyl (C=O) groups is 1. The molecule has 0 spiro atoms. The van der Waals surface area contributed by atoms with E-state index >= 15 is 0 Å². The van der Waals surface area contributed by atoms with Gasteiger partial charge in [0.15, 0.2) is 0 Å². The predicted octanol–water partition coefficient (Wildman–Crippen LogP) is 6.69. The zero-order valence-electron chi connectivity index (χ0n) is 17.5. The zero-order chi connectivity index (χ0) is 22.3. The topological polar surface area (TPSA) is 62.2 Å². The average Bonchev–Trinajstić information content (AvgIpc) is 2.80. The van der Waals surface area contributed by atoms with Crippen molar-refractivity contribution in [1.82, 2.24) is 4.98 Å². The van der Waals surface area contributed by atoms with Crippen molar-refractivity contribution in [2.45, 2.75) is 19.4 Å². The van der Waals surface area contributed by atoms with E-state index in [-0.39, 0.29) is 6.42 Å². The summed E-state index contributed by atoms with van der Waals surface area (Å²) in [6.07, 6.45) is 4.68. The summed E-state index contributed by atoms with van der Waals surface area (Å²) in [5, 5.41) is 14.1. The summed E-state index contributed by atoms with van der Waals surface area (Å²) in [4.78, 5) is 15.6. The second kappa shape index (κ2) is 10.1. The van der Waals surface area contributed by atoms with Crippen LogP contribution in [0.15, 0.2) is 78.9 Å². The highest BCUT2D eigenvalue weighted by Gasteiger charge is 2.05. The van der Waals surface area contributed by atoms with Crippen LogP contribution in [0.2, 0.25) is 5.02 Å². The van der Waals surface area contributed by atoms with Gasteiger partial charge < -0.3 is 10.4 Å². The van der Waals surface area contributed by atoms with Gasteiger partial charge in [0.2, 0.25) is 0 Å². The number of nitrogens with zero attached hydrogens (tertiary/aromatic N) is 1. The molecule has 2 N–H and O–H groups in total. The maximum Gasteiger partial charge on any atom is 0.303 e. The third-order valence-corrected chi connectivity index (χ3v) is 5.45. The van der Waals surface area contributed by atoms with E-state index in [1.807, 2.05) is 84.9 Å². The first kappa shape index (κ1) is 21.6. The lowest BCUT2D eigenvalue weighted by atomic mass is 10.0. The Hall–Kier alpha value is -3.63. The lowest BCUT2D eigenvalue weighted by Crippen LogP contribution is -2.05. The van der Waals surface area contributed by atoms with Crippen LogP contribution in [-0.4, -0.2) is 16.1 Å². The SMILES string of the molecule is O=C(O)CCc1ccccc1CNc1cccc(/C=C/c2ccc3ccc(Cl)cc3n2)c1. The molecule has 0 amide bonds. The molecular weight excluding hydrogens is 420 g/mol. The van der Waals surface area contributed by atoms with Crippen LogP contribution in [0.3, 0.4) is 0 Å². The molecule has 0 fully saturated rings. The van der Waals surface area contributed by atoms with Gasteiger partial charge in [0.05, 0.1) is 11.2 Å². The molecule has 1 heterocycles. The Balaban J connectivity index is 1.45. The Labute approximate surface area is 192 Å². The number of anilines is 1. The number of carboxylic acid groups (broad SMARTS) is 1. The molecule has 0 saturated carbocycles. The molecule has 0 unspecified atom stereocenters. The molecule has 0 aliphatic heterocycles. The third-order valence-electron chi connectivity index (χ3n) is 5.22. The number of hydrogen-bond donors (Lipinski definition) is 2. The summed E-state index contributed by atoms with van der Waals surface area (Å²) in [5.74, 6) is -0.781. The maximum absolute atomic E-state index is 10.9. The summed E-state index contributed by atoms with van der Waals surface area (Å²) >= 11 is 6.09. The highest BCUT2D eigenvalue weighted by atomic mass is 35.5. The minimum atomic E-state index is -0.781. The number of hydrogen-bond acceptors (Lipinski definition) is 3. The highest BCUT2D eigenvalue weighted by molar-refractivity contribution is 6.31. The van der Waals surface area contributed by atoms with Crippen LogP contribution in [-0.2, 0) is 17.8 Å². The van der Waals surface area contributed by atoms with Crippen molar-refractivity contribution in [1.29, 1.82) is 0 Å². The van der Waals surface area contributed by atoms with Crippen LogP contribution < -0.4 is 5.32 Å².